The first-order valence-corrected chi connectivity index (χ1v) is 10.2. The fourth-order valence-electron chi connectivity index (χ4n) is 3.61. The maximum Gasteiger partial charge on any atom is 0.409 e. The van der Waals surface area contributed by atoms with Gasteiger partial charge < -0.3 is 23.8 Å². The lowest BCUT2D eigenvalue weighted by Crippen LogP contribution is -2.50. The molecule has 3 heterocycles. The Bertz CT molecular complexity index is 1030. The van der Waals surface area contributed by atoms with Gasteiger partial charge in [-0.05, 0) is 43.3 Å². The number of ether oxygens (including phenoxy) is 2. The minimum absolute atomic E-state index is 0.119. The van der Waals surface area contributed by atoms with Gasteiger partial charge in [0.2, 0.25) is 0 Å². The molecule has 0 spiro atoms. The first kappa shape index (κ1) is 20.5. The van der Waals surface area contributed by atoms with E-state index >= 15 is 0 Å². The highest BCUT2D eigenvalue weighted by Gasteiger charge is 2.29. The second-order valence-corrected chi connectivity index (χ2v) is 7.06. The van der Waals surface area contributed by atoms with Gasteiger partial charge in [-0.15, -0.1) is 0 Å². The number of aromatic nitrogens is 3. The molecule has 0 N–H and O–H groups in total. The minimum Gasteiger partial charge on any atom is -0.497 e. The lowest BCUT2D eigenvalue weighted by molar-refractivity contribution is 0.0570. The van der Waals surface area contributed by atoms with Crippen LogP contribution in [0, 0.1) is 0 Å². The van der Waals surface area contributed by atoms with E-state index in [9.17, 15) is 9.59 Å². The van der Waals surface area contributed by atoms with Crippen molar-refractivity contribution in [2.75, 3.05) is 39.9 Å². The molecule has 1 aliphatic heterocycles. The largest absolute Gasteiger partial charge is 0.497 e. The van der Waals surface area contributed by atoms with Crippen LogP contribution in [0.1, 0.15) is 17.3 Å². The van der Waals surface area contributed by atoms with Gasteiger partial charge in [0, 0.05) is 38.6 Å². The number of hydrogen-bond donors (Lipinski definition) is 0. The van der Waals surface area contributed by atoms with Crippen molar-refractivity contribution < 1.29 is 19.1 Å². The molecule has 3 aromatic rings. The topological polar surface area (TPSA) is 81.8 Å². The monoisotopic (exact) mass is 423 g/mol. The maximum atomic E-state index is 13.4. The maximum absolute atomic E-state index is 13.4. The molecule has 1 aromatic carbocycles. The number of piperazine rings is 1. The van der Waals surface area contributed by atoms with Gasteiger partial charge in [0.25, 0.3) is 5.91 Å². The van der Waals surface area contributed by atoms with E-state index < -0.39 is 0 Å². The summed E-state index contributed by atoms with van der Waals surface area (Å²) in [5.41, 5.74) is 1.31. The van der Waals surface area contributed by atoms with Crippen molar-refractivity contribution in [3.05, 3.63) is 60.6 Å². The molecule has 2 amide bonds. The van der Waals surface area contributed by atoms with Crippen molar-refractivity contribution in [3.8, 4) is 17.3 Å². The average molecular weight is 423 g/mol. The summed E-state index contributed by atoms with van der Waals surface area (Å²) in [6.07, 6.45) is 5.02. The molecule has 2 aromatic heterocycles. The zero-order valence-electron chi connectivity index (χ0n) is 17.6. The van der Waals surface area contributed by atoms with Crippen LogP contribution in [0.3, 0.4) is 0 Å². The summed E-state index contributed by atoms with van der Waals surface area (Å²) >= 11 is 0. The third kappa shape index (κ3) is 4.11. The molecule has 4 rings (SSSR count). The Morgan fingerprint density at radius 2 is 1.65 bits per heavy atom. The number of benzene rings is 1. The van der Waals surface area contributed by atoms with E-state index in [4.69, 9.17) is 9.47 Å². The number of rotatable bonds is 5. The quantitative estimate of drug-likeness (QED) is 0.630. The van der Waals surface area contributed by atoms with Crippen LogP contribution < -0.4 is 4.74 Å². The Hall–Kier alpha value is -3.75. The number of amides is 2. The number of carbonyl (C=O) groups is 2. The van der Waals surface area contributed by atoms with E-state index in [2.05, 4.69) is 5.10 Å². The van der Waals surface area contributed by atoms with Gasteiger partial charge in [0.1, 0.15) is 11.3 Å². The lowest BCUT2D eigenvalue weighted by Gasteiger charge is -2.34. The summed E-state index contributed by atoms with van der Waals surface area (Å²) in [4.78, 5) is 28.7. The molecule has 0 radical (unpaired) electrons. The van der Waals surface area contributed by atoms with E-state index in [1.54, 1.807) is 34.7 Å². The molecule has 0 atom stereocenters. The van der Waals surface area contributed by atoms with Crippen molar-refractivity contribution in [3.63, 3.8) is 0 Å². The van der Waals surface area contributed by atoms with Crippen LogP contribution in [0.4, 0.5) is 4.79 Å². The van der Waals surface area contributed by atoms with Gasteiger partial charge in [0.15, 0.2) is 5.82 Å². The zero-order chi connectivity index (χ0) is 21.8. The molecule has 0 saturated carbocycles. The van der Waals surface area contributed by atoms with Gasteiger partial charge in [-0.3, -0.25) is 4.79 Å². The third-order valence-electron chi connectivity index (χ3n) is 5.23. The fraction of sp³-hybridized carbons (Fsp3) is 0.318. The molecule has 0 aliphatic carbocycles. The predicted molar refractivity (Wildman–Crippen MR) is 114 cm³/mol. The summed E-state index contributed by atoms with van der Waals surface area (Å²) in [6, 6.07) is 11.3. The van der Waals surface area contributed by atoms with Crippen LogP contribution in [0.15, 0.2) is 55.0 Å². The number of hydrogen-bond acceptors (Lipinski definition) is 5. The van der Waals surface area contributed by atoms with Crippen molar-refractivity contribution in [1.29, 1.82) is 0 Å². The lowest BCUT2D eigenvalue weighted by atomic mass is 10.2. The Labute approximate surface area is 180 Å². The summed E-state index contributed by atoms with van der Waals surface area (Å²) < 4.78 is 13.9. The summed E-state index contributed by atoms with van der Waals surface area (Å²) in [6.45, 7) is 3.88. The van der Waals surface area contributed by atoms with E-state index in [0.717, 1.165) is 11.4 Å². The minimum atomic E-state index is -0.338. The van der Waals surface area contributed by atoms with Crippen LogP contribution in [-0.2, 0) is 4.74 Å². The molecule has 9 nitrogen and oxygen atoms in total. The normalized spacial score (nSPS) is 13.9. The van der Waals surface area contributed by atoms with E-state index in [1.807, 2.05) is 53.4 Å². The Kier molecular flexibility index (Phi) is 5.92. The highest BCUT2D eigenvalue weighted by atomic mass is 16.6. The van der Waals surface area contributed by atoms with Crippen LogP contribution in [-0.4, -0.2) is 76.0 Å². The van der Waals surface area contributed by atoms with Gasteiger partial charge >= 0.3 is 6.09 Å². The highest BCUT2D eigenvalue weighted by molar-refractivity contribution is 5.97. The standard InChI is InChI=1S/C22H25N5O4/c1-3-31-22(29)26-14-12-25(13-15-26)21(28)19-16-23-27(20(19)24-10-4-5-11-24)17-6-8-18(30-2)9-7-17/h4-11,16H,3,12-15H2,1-2H3. The summed E-state index contributed by atoms with van der Waals surface area (Å²) in [5, 5.41) is 4.50. The molecular formula is C22H25N5O4. The zero-order valence-corrected chi connectivity index (χ0v) is 17.6. The molecular weight excluding hydrogens is 398 g/mol. The first-order valence-electron chi connectivity index (χ1n) is 10.2. The van der Waals surface area contributed by atoms with E-state index in [1.165, 1.54) is 0 Å². The Balaban J connectivity index is 1.61. The van der Waals surface area contributed by atoms with Gasteiger partial charge in [-0.25, -0.2) is 9.48 Å². The van der Waals surface area contributed by atoms with Crippen molar-refractivity contribution >= 4 is 12.0 Å². The molecule has 1 aliphatic rings. The molecule has 1 fully saturated rings. The second-order valence-electron chi connectivity index (χ2n) is 7.06. The van der Waals surface area contributed by atoms with Gasteiger partial charge in [-0.1, -0.05) is 0 Å². The molecule has 9 heteroatoms. The fourth-order valence-corrected chi connectivity index (χ4v) is 3.61. The van der Waals surface area contributed by atoms with E-state index in [-0.39, 0.29) is 12.0 Å². The number of carbonyl (C=O) groups excluding carboxylic acids is 2. The van der Waals surface area contributed by atoms with Crippen LogP contribution in [0.25, 0.3) is 11.5 Å². The van der Waals surface area contributed by atoms with Crippen LogP contribution in [0.5, 0.6) is 5.75 Å². The van der Waals surface area contributed by atoms with Crippen molar-refractivity contribution in [2.24, 2.45) is 0 Å². The van der Waals surface area contributed by atoms with Gasteiger partial charge in [-0.2, -0.15) is 5.10 Å². The van der Waals surface area contributed by atoms with Crippen LogP contribution in [0.2, 0.25) is 0 Å². The van der Waals surface area contributed by atoms with E-state index in [0.29, 0.717) is 44.2 Å². The molecule has 0 bridgehead atoms. The van der Waals surface area contributed by atoms with Crippen LogP contribution >= 0.6 is 0 Å². The third-order valence-corrected chi connectivity index (χ3v) is 5.23. The Morgan fingerprint density at radius 3 is 2.26 bits per heavy atom. The summed E-state index contributed by atoms with van der Waals surface area (Å²) in [7, 11) is 1.62. The number of methoxy groups -OCH3 is 1. The SMILES string of the molecule is CCOC(=O)N1CCN(C(=O)c2cnn(-c3ccc(OC)cc3)c2-n2cccc2)CC1. The van der Waals surface area contributed by atoms with Crippen molar-refractivity contribution in [2.45, 2.75) is 6.92 Å². The second kappa shape index (κ2) is 8.95. The van der Waals surface area contributed by atoms with Crippen molar-refractivity contribution in [1.82, 2.24) is 24.1 Å². The summed E-state index contributed by atoms with van der Waals surface area (Å²) in [5.74, 6) is 1.29. The molecule has 162 valence electrons. The van der Waals surface area contributed by atoms with Gasteiger partial charge in [0.05, 0.1) is 25.6 Å². The smallest absolute Gasteiger partial charge is 0.409 e. The Morgan fingerprint density at radius 1 is 1.00 bits per heavy atom. The predicted octanol–water partition coefficient (Wildman–Crippen LogP) is 2.59. The first-order chi connectivity index (χ1) is 15.1. The highest BCUT2D eigenvalue weighted by Crippen LogP contribution is 2.23. The number of nitrogens with zero attached hydrogens (tertiary/aromatic N) is 5. The molecule has 0 unspecified atom stereocenters. The molecule has 31 heavy (non-hydrogen) atoms. The average Bonchev–Trinajstić information content (AvgIpc) is 3.49. The molecule has 1 saturated heterocycles.